The van der Waals surface area contributed by atoms with Gasteiger partial charge in [-0.2, -0.15) is 0 Å². The van der Waals surface area contributed by atoms with E-state index in [1.54, 1.807) is 0 Å². The van der Waals surface area contributed by atoms with Crippen LogP contribution in [0.1, 0.15) is 47.0 Å². The predicted octanol–water partition coefficient (Wildman–Crippen LogP) is -0.215. The highest BCUT2D eigenvalue weighted by Gasteiger charge is 2.41. The zero-order valence-corrected chi connectivity index (χ0v) is 11.6. The molecule has 0 aliphatic carbocycles. The third-order valence-electron chi connectivity index (χ3n) is 3.51. The third kappa shape index (κ3) is 3.98. The minimum Gasteiger partial charge on any atom is -0.550 e. The number of carboxylic acids is 1. The highest BCUT2D eigenvalue weighted by atomic mass is 16.4. The zero-order chi connectivity index (χ0) is 14.1. The lowest BCUT2D eigenvalue weighted by Crippen LogP contribution is -2.59. The van der Waals surface area contributed by atoms with Crippen LogP contribution in [0.4, 0.5) is 0 Å². The number of piperidine rings is 1. The third-order valence-corrected chi connectivity index (χ3v) is 3.51. The van der Waals surface area contributed by atoms with Crippen molar-refractivity contribution < 1.29 is 14.7 Å². The van der Waals surface area contributed by atoms with Gasteiger partial charge in [0.15, 0.2) is 0 Å². The number of primary amides is 1. The summed E-state index contributed by atoms with van der Waals surface area (Å²) in [6.45, 7) is 8.16. The second-order valence-electron chi connectivity index (χ2n) is 6.66. The van der Waals surface area contributed by atoms with Crippen LogP contribution in [0.15, 0.2) is 0 Å². The summed E-state index contributed by atoms with van der Waals surface area (Å²) in [5.41, 5.74) is 4.82. The first-order valence-corrected chi connectivity index (χ1v) is 6.31. The lowest BCUT2D eigenvalue weighted by atomic mass is 9.70. The molecule has 0 aromatic carbocycles. The molecular weight excluding hydrogens is 232 g/mol. The minimum atomic E-state index is -1.17. The molecule has 18 heavy (non-hydrogen) atoms. The molecule has 1 rings (SSSR count). The van der Waals surface area contributed by atoms with E-state index in [1.165, 1.54) is 0 Å². The van der Waals surface area contributed by atoms with Crippen LogP contribution >= 0.6 is 0 Å². The van der Waals surface area contributed by atoms with Gasteiger partial charge in [-0.15, -0.1) is 0 Å². The van der Waals surface area contributed by atoms with Gasteiger partial charge >= 0.3 is 0 Å². The molecule has 1 aliphatic heterocycles. The molecule has 1 fully saturated rings. The van der Waals surface area contributed by atoms with Crippen molar-refractivity contribution in [3.63, 3.8) is 0 Å². The molecule has 3 N–H and O–H groups in total. The van der Waals surface area contributed by atoms with Crippen molar-refractivity contribution in [3.8, 4) is 0 Å². The van der Waals surface area contributed by atoms with Crippen LogP contribution in [0.5, 0.6) is 0 Å². The maximum atomic E-state index is 11.2. The van der Waals surface area contributed by atoms with Gasteiger partial charge in [0.25, 0.3) is 0 Å². The molecular formula is C13H23N2O3-. The molecule has 1 heterocycles. The number of nitrogens with two attached hydrogens (primary N) is 1. The fraction of sp³-hybridized carbons (Fsp3) is 0.846. The van der Waals surface area contributed by atoms with E-state index in [1.807, 2.05) is 27.7 Å². The molecule has 5 heteroatoms. The normalized spacial score (nSPS) is 24.4. The van der Waals surface area contributed by atoms with Crippen LogP contribution in [0.25, 0.3) is 0 Å². The summed E-state index contributed by atoms with van der Waals surface area (Å²) >= 11 is 0. The average molecular weight is 255 g/mol. The first kappa shape index (κ1) is 15.0. The zero-order valence-electron chi connectivity index (χ0n) is 11.6. The van der Waals surface area contributed by atoms with Gasteiger partial charge in [-0.25, -0.2) is 0 Å². The van der Waals surface area contributed by atoms with E-state index in [4.69, 9.17) is 5.73 Å². The van der Waals surface area contributed by atoms with E-state index in [-0.39, 0.29) is 23.4 Å². The van der Waals surface area contributed by atoms with E-state index in [0.29, 0.717) is 12.8 Å². The second-order valence-corrected chi connectivity index (χ2v) is 6.66. The van der Waals surface area contributed by atoms with Gasteiger partial charge in [0, 0.05) is 29.4 Å². The lowest BCUT2D eigenvalue weighted by Gasteiger charge is -2.48. The first-order chi connectivity index (χ1) is 8.02. The topological polar surface area (TPSA) is 95.2 Å². The van der Waals surface area contributed by atoms with Crippen molar-refractivity contribution >= 4 is 11.9 Å². The molecule has 104 valence electrons. The quantitative estimate of drug-likeness (QED) is 0.726. The van der Waals surface area contributed by atoms with Gasteiger partial charge in [0.2, 0.25) is 5.91 Å². The smallest absolute Gasteiger partial charge is 0.218 e. The maximum absolute atomic E-state index is 11.2. The van der Waals surface area contributed by atoms with Gasteiger partial charge < -0.3 is 21.0 Å². The van der Waals surface area contributed by atoms with E-state index in [0.717, 1.165) is 0 Å². The molecule has 0 spiro atoms. The average Bonchev–Trinajstić information content (AvgIpc) is 2.07. The molecule has 0 aromatic heterocycles. The van der Waals surface area contributed by atoms with Crippen molar-refractivity contribution in [2.45, 2.75) is 58.0 Å². The van der Waals surface area contributed by atoms with Crippen LogP contribution in [0, 0.1) is 11.8 Å². The number of hydrogen-bond donors (Lipinski definition) is 2. The number of amides is 1. The first-order valence-electron chi connectivity index (χ1n) is 6.31. The van der Waals surface area contributed by atoms with E-state index in [9.17, 15) is 14.7 Å². The van der Waals surface area contributed by atoms with Crippen LogP contribution in [-0.4, -0.2) is 23.0 Å². The van der Waals surface area contributed by atoms with E-state index in [2.05, 4.69) is 5.32 Å². The Bertz CT molecular complexity index is 334. The van der Waals surface area contributed by atoms with Gasteiger partial charge in [0.1, 0.15) is 0 Å². The van der Waals surface area contributed by atoms with Gasteiger partial charge in [-0.05, 0) is 46.5 Å². The Morgan fingerprint density at radius 1 is 1.28 bits per heavy atom. The number of rotatable bonds is 4. The summed E-state index contributed by atoms with van der Waals surface area (Å²) < 4.78 is 0. The molecule has 1 unspecified atom stereocenters. The van der Waals surface area contributed by atoms with Crippen molar-refractivity contribution in [2.24, 2.45) is 17.6 Å². The van der Waals surface area contributed by atoms with Crippen molar-refractivity contribution in [3.05, 3.63) is 0 Å². The molecule has 0 bridgehead atoms. The van der Waals surface area contributed by atoms with Crippen molar-refractivity contribution in [2.75, 3.05) is 0 Å². The number of carbonyl (C=O) groups excluding carboxylic acids is 2. The Morgan fingerprint density at radius 3 is 2.06 bits per heavy atom. The van der Waals surface area contributed by atoms with E-state index < -0.39 is 17.8 Å². The van der Waals surface area contributed by atoms with Gasteiger partial charge in [-0.3, -0.25) is 4.79 Å². The highest BCUT2D eigenvalue weighted by molar-refractivity contribution is 5.80. The predicted molar refractivity (Wildman–Crippen MR) is 66.3 cm³/mol. The van der Waals surface area contributed by atoms with Crippen LogP contribution in [-0.2, 0) is 9.59 Å². The molecule has 1 atom stereocenters. The molecule has 0 saturated carbocycles. The number of carboxylic acid groups (broad SMARTS) is 1. The van der Waals surface area contributed by atoms with Gasteiger partial charge in [-0.1, -0.05) is 0 Å². The SMILES string of the molecule is CC1(C)CC(C(CC(N)=O)C(=O)[O-])CC(C)(C)N1. The fourth-order valence-corrected chi connectivity index (χ4v) is 3.34. The summed E-state index contributed by atoms with van der Waals surface area (Å²) in [7, 11) is 0. The summed E-state index contributed by atoms with van der Waals surface area (Å²) in [5, 5.41) is 14.7. The number of carbonyl (C=O) groups is 2. The lowest BCUT2D eigenvalue weighted by molar-refractivity contribution is -0.314. The monoisotopic (exact) mass is 255 g/mol. The highest BCUT2D eigenvalue weighted by Crippen LogP contribution is 2.37. The number of hydrogen-bond acceptors (Lipinski definition) is 4. The summed E-state index contributed by atoms with van der Waals surface area (Å²) in [6.07, 6.45) is 1.25. The Hall–Kier alpha value is -1.10. The summed E-state index contributed by atoms with van der Waals surface area (Å²) in [6, 6.07) is 0. The Balaban J connectivity index is 2.91. The minimum absolute atomic E-state index is 0.0891. The van der Waals surface area contributed by atoms with Crippen molar-refractivity contribution in [1.82, 2.24) is 5.32 Å². The summed E-state index contributed by atoms with van der Waals surface area (Å²) in [5.74, 6) is -2.64. The molecule has 0 radical (unpaired) electrons. The molecule has 5 nitrogen and oxygen atoms in total. The van der Waals surface area contributed by atoms with Crippen LogP contribution < -0.4 is 16.2 Å². The van der Waals surface area contributed by atoms with Crippen molar-refractivity contribution in [1.29, 1.82) is 0 Å². The fourth-order valence-electron chi connectivity index (χ4n) is 3.34. The summed E-state index contributed by atoms with van der Waals surface area (Å²) in [4.78, 5) is 22.2. The number of nitrogens with one attached hydrogen (secondary N) is 1. The standard InChI is InChI=1S/C13H24N2O3/c1-12(2)6-8(7-13(3,4)15-12)9(11(17)18)5-10(14)16/h8-9,15H,5-7H2,1-4H3,(H2,14,16)(H,17,18)/p-1. The van der Waals surface area contributed by atoms with Gasteiger partial charge in [0.05, 0.1) is 0 Å². The van der Waals surface area contributed by atoms with E-state index >= 15 is 0 Å². The van der Waals surface area contributed by atoms with Crippen LogP contribution in [0.2, 0.25) is 0 Å². The maximum Gasteiger partial charge on any atom is 0.218 e. The Labute approximate surface area is 108 Å². The van der Waals surface area contributed by atoms with Crippen LogP contribution in [0.3, 0.4) is 0 Å². The molecule has 1 aliphatic rings. The molecule has 0 aromatic rings. The number of aliphatic carboxylic acids is 1. The molecule has 1 amide bonds. The second kappa shape index (κ2) is 4.88. The Kier molecular flexibility index (Phi) is 4.05. The largest absolute Gasteiger partial charge is 0.550 e. The molecule has 1 saturated heterocycles. The Morgan fingerprint density at radius 2 is 1.72 bits per heavy atom.